The van der Waals surface area contributed by atoms with Gasteiger partial charge >= 0.3 is 0 Å². The van der Waals surface area contributed by atoms with Crippen LogP contribution < -0.4 is 21.5 Å². The third kappa shape index (κ3) is 5.79. The normalized spacial score (nSPS) is 11.2. The molecule has 0 aliphatic carbocycles. The fourth-order valence-electron chi connectivity index (χ4n) is 3.05. The van der Waals surface area contributed by atoms with Gasteiger partial charge in [0.05, 0.1) is 5.69 Å². The molecule has 3 aromatic rings. The average molecular weight is 420 g/mol. The third-order valence-corrected chi connectivity index (χ3v) is 4.89. The number of amides is 1. The Morgan fingerprint density at radius 1 is 1.06 bits per heavy atom. The molecule has 1 amide bonds. The molecule has 1 aromatic carbocycles. The molecule has 7 heteroatoms. The smallest absolute Gasteiger partial charge is 0.271 e. The second-order valence-corrected chi connectivity index (χ2v) is 8.35. The molecule has 3 rings (SSSR count). The Balaban J connectivity index is 1.79. The fourth-order valence-corrected chi connectivity index (χ4v) is 3.05. The van der Waals surface area contributed by atoms with Gasteiger partial charge in [-0.1, -0.05) is 39.0 Å². The lowest BCUT2D eigenvalue weighted by atomic mass is 9.87. The molecule has 2 aromatic heterocycles. The van der Waals surface area contributed by atoms with Crippen molar-refractivity contribution in [3.63, 3.8) is 0 Å². The van der Waals surface area contributed by atoms with E-state index < -0.39 is 0 Å². The second-order valence-electron chi connectivity index (χ2n) is 8.35. The van der Waals surface area contributed by atoms with Crippen LogP contribution in [0.1, 0.15) is 36.7 Å². The molecule has 162 valence electrons. The molecule has 0 spiro atoms. The van der Waals surface area contributed by atoms with Crippen molar-refractivity contribution in [2.24, 2.45) is 0 Å². The summed E-state index contributed by atoms with van der Waals surface area (Å²) in [5.74, 6) is 0.405. The molecule has 0 saturated heterocycles. The van der Waals surface area contributed by atoms with E-state index in [0.717, 1.165) is 24.5 Å². The number of carbonyl (C=O) groups is 1. The van der Waals surface area contributed by atoms with Gasteiger partial charge in [0.2, 0.25) is 0 Å². The van der Waals surface area contributed by atoms with Crippen LogP contribution in [-0.4, -0.2) is 36.0 Å². The number of hydrogen-bond acceptors (Lipinski definition) is 5. The van der Waals surface area contributed by atoms with Crippen LogP contribution in [0, 0.1) is 0 Å². The number of aromatic amines is 1. The van der Waals surface area contributed by atoms with Crippen molar-refractivity contribution in [3.05, 3.63) is 76.2 Å². The van der Waals surface area contributed by atoms with Crippen molar-refractivity contribution in [3.8, 4) is 11.3 Å². The summed E-state index contributed by atoms with van der Waals surface area (Å²) in [7, 11) is 1.89. The number of nitrogens with one attached hydrogen (secondary N) is 4. The maximum Gasteiger partial charge on any atom is 0.271 e. The molecular weight excluding hydrogens is 390 g/mol. The molecule has 0 unspecified atom stereocenters. The van der Waals surface area contributed by atoms with E-state index in [1.165, 1.54) is 0 Å². The number of rotatable bonds is 7. The summed E-state index contributed by atoms with van der Waals surface area (Å²) in [6, 6.07) is 14.7. The number of hydrogen-bond donors (Lipinski definition) is 4. The predicted molar refractivity (Wildman–Crippen MR) is 126 cm³/mol. The van der Waals surface area contributed by atoms with Gasteiger partial charge in [-0.15, -0.1) is 0 Å². The average Bonchev–Trinajstić information content (AvgIpc) is 2.75. The van der Waals surface area contributed by atoms with Gasteiger partial charge in [0.25, 0.3) is 11.5 Å². The summed E-state index contributed by atoms with van der Waals surface area (Å²) < 4.78 is 0. The molecular formula is C24H29N5O2. The Bertz CT molecular complexity index is 1100. The third-order valence-electron chi connectivity index (χ3n) is 4.89. The Kier molecular flexibility index (Phi) is 6.87. The number of carbonyl (C=O) groups excluding carboxylic acids is 1. The molecule has 31 heavy (non-hydrogen) atoms. The molecule has 0 radical (unpaired) electrons. The highest BCUT2D eigenvalue weighted by atomic mass is 16.2. The molecule has 4 N–H and O–H groups in total. The summed E-state index contributed by atoms with van der Waals surface area (Å²) in [6.45, 7) is 7.91. The van der Waals surface area contributed by atoms with Gasteiger partial charge in [-0.05, 0) is 48.4 Å². The van der Waals surface area contributed by atoms with E-state index in [9.17, 15) is 9.59 Å². The number of pyridine rings is 2. The van der Waals surface area contributed by atoms with Crippen molar-refractivity contribution in [1.82, 2.24) is 15.3 Å². The number of aromatic nitrogens is 2. The van der Waals surface area contributed by atoms with E-state index in [-0.39, 0.29) is 22.6 Å². The van der Waals surface area contributed by atoms with Crippen LogP contribution >= 0.6 is 0 Å². The Morgan fingerprint density at radius 2 is 1.81 bits per heavy atom. The number of likely N-dealkylation sites (N-methyl/N-ethyl adjacent to an activating group) is 1. The zero-order valence-corrected chi connectivity index (χ0v) is 18.4. The van der Waals surface area contributed by atoms with E-state index in [1.807, 2.05) is 37.4 Å². The standard InChI is InChI=1S/C24H29N5O2/c1-24(2,3)18-10-8-16(9-11-18)22(30)29-20-14-17(15-27-23(20)31)19-6-5-7-21(28-19)26-13-12-25-4/h5-11,14-15,25H,12-13H2,1-4H3,(H,26,28)(H,27,31)(H,29,30). The Labute approximate surface area is 182 Å². The first-order chi connectivity index (χ1) is 14.8. The monoisotopic (exact) mass is 419 g/mol. The first kappa shape index (κ1) is 22.2. The Morgan fingerprint density at radius 3 is 2.48 bits per heavy atom. The number of H-pyrrole nitrogens is 1. The predicted octanol–water partition coefficient (Wildman–Crippen LogP) is 3.62. The SMILES string of the molecule is CNCCNc1cccc(-c2c[nH]c(=O)c(NC(=O)c3ccc(C(C)(C)C)cc3)c2)n1. The number of nitrogens with zero attached hydrogens (tertiary/aromatic N) is 1. The maximum atomic E-state index is 12.7. The summed E-state index contributed by atoms with van der Waals surface area (Å²) >= 11 is 0. The molecule has 0 bridgehead atoms. The van der Waals surface area contributed by atoms with Gasteiger partial charge in [0, 0.05) is 30.4 Å². The highest BCUT2D eigenvalue weighted by Crippen LogP contribution is 2.23. The number of anilines is 2. The molecule has 0 aliphatic rings. The summed E-state index contributed by atoms with van der Waals surface area (Å²) in [5, 5.41) is 9.02. The van der Waals surface area contributed by atoms with Gasteiger partial charge in [-0.2, -0.15) is 0 Å². The zero-order valence-electron chi connectivity index (χ0n) is 18.4. The summed E-state index contributed by atoms with van der Waals surface area (Å²) in [4.78, 5) is 32.2. The van der Waals surface area contributed by atoms with E-state index in [2.05, 4.69) is 46.7 Å². The van der Waals surface area contributed by atoms with Crippen LogP contribution in [0.15, 0.2) is 59.5 Å². The van der Waals surface area contributed by atoms with Gasteiger partial charge in [0.1, 0.15) is 11.5 Å². The first-order valence-electron chi connectivity index (χ1n) is 10.3. The van der Waals surface area contributed by atoms with Gasteiger partial charge < -0.3 is 20.9 Å². The van der Waals surface area contributed by atoms with Crippen LogP contribution in [-0.2, 0) is 5.41 Å². The largest absolute Gasteiger partial charge is 0.369 e. The highest BCUT2D eigenvalue weighted by molar-refractivity contribution is 6.04. The van der Waals surface area contributed by atoms with Crippen molar-refractivity contribution in [1.29, 1.82) is 0 Å². The van der Waals surface area contributed by atoms with E-state index in [1.54, 1.807) is 24.4 Å². The van der Waals surface area contributed by atoms with Crippen molar-refractivity contribution >= 4 is 17.4 Å². The fraction of sp³-hybridized carbons (Fsp3) is 0.292. The van der Waals surface area contributed by atoms with Crippen LogP contribution in [0.3, 0.4) is 0 Å². The molecule has 0 aliphatic heterocycles. The minimum atomic E-state index is -0.369. The van der Waals surface area contributed by atoms with E-state index >= 15 is 0 Å². The minimum Gasteiger partial charge on any atom is -0.369 e. The second kappa shape index (κ2) is 9.57. The van der Waals surface area contributed by atoms with E-state index in [4.69, 9.17) is 0 Å². The van der Waals surface area contributed by atoms with Gasteiger partial charge in [0.15, 0.2) is 0 Å². The van der Waals surface area contributed by atoms with Gasteiger partial charge in [-0.25, -0.2) is 4.98 Å². The molecule has 0 fully saturated rings. The minimum absolute atomic E-state index is 0.00390. The van der Waals surface area contributed by atoms with Gasteiger partial charge in [-0.3, -0.25) is 9.59 Å². The lowest BCUT2D eigenvalue weighted by Gasteiger charge is -2.19. The quantitative estimate of drug-likeness (QED) is 0.439. The van der Waals surface area contributed by atoms with Crippen molar-refractivity contribution in [2.45, 2.75) is 26.2 Å². The lowest BCUT2D eigenvalue weighted by molar-refractivity contribution is 0.102. The topological polar surface area (TPSA) is 98.9 Å². The van der Waals surface area contributed by atoms with E-state index in [0.29, 0.717) is 16.8 Å². The van der Waals surface area contributed by atoms with Crippen molar-refractivity contribution in [2.75, 3.05) is 30.8 Å². The van der Waals surface area contributed by atoms with Crippen LogP contribution in [0.4, 0.5) is 11.5 Å². The van der Waals surface area contributed by atoms with Crippen LogP contribution in [0.25, 0.3) is 11.3 Å². The van der Waals surface area contributed by atoms with Crippen LogP contribution in [0.5, 0.6) is 0 Å². The van der Waals surface area contributed by atoms with Crippen LogP contribution in [0.2, 0.25) is 0 Å². The zero-order chi connectivity index (χ0) is 22.4. The summed E-state index contributed by atoms with van der Waals surface area (Å²) in [6.07, 6.45) is 1.59. The maximum absolute atomic E-state index is 12.7. The highest BCUT2D eigenvalue weighted by Gasteiger charge is 2.15. The lowest BCUT2D eigenvalue weighted by Crippen LogP contribution is -2.20. The molecule has 7 nitrogen and oxygen atoms in total. The Hall–Kier alpha value is -3.45. The molecule has 0 saturated carbocycles. The first-order valence-corrected chi connectivity index (χ1v) is 10.3. The summed E-state index contributed by atoms with van der Waals surface area (Å²) in [5.41, 5.74) is 2.84. The van der Waals surface area contributed by atoms with Crippen molar-refractivity contribution < 1.29 is 4.79 Å². The molecule has 2 heterocycles. The molecule has 0 atom stereocenters. The number of benzene rings is 1.